The number of benzene rings is 2. The van der Waals surface area contributed by atoms with E-state index in [1.165, 1.54) is 36.8 Å². The molecular formula is C33H44N2O. The Balaban J connectivity index is 1.36. The van der Waals surface area contributed by atoms with Gasteiger partial charge in [0.15, 0.2) is 5.78 Å². The van der Waals surface area contributed by atoms with Gasteiger partial charge in [-0.05, 0) is 125 Å². The number of ketones is 1. The molecule has 6 atom stereocenters. The summed E-state index contributed by atoms with van der Waals surface area (Å²) >= 11 is 0. The fourth-order valence-corrected chi connectivity index (χ4v) is 5.97. The highest BCUT2D eigenvalue weighted by atomic mass is 16.1. The monoisotopic (exact) mass is 484 g/mol. The van der Waals surface area contributed by atoms with Gasteiger partial charge in [-0.15, -0.1) is 0 Å². The highest BCUT2D eigenvalue weighted by Crippen LogP contribution is 2.35. The standard InChI is InChI=1S/C33H44N2O/c1-21(2)27-9-7-23(5)31(19-27)34-29-15-11-25(12-16-29)33(36)26-13-17-30(18-14-26)35-32-20-28(22(3)4)10-8-24(32)6/h11-18,23-24,27-28,31-32,34-35H,1,3,7-10,19-20H2,2,4-6H3. The minimum Gasteiger partial charge on any atom is -0.382 e. The van der Waals surface area contributed by atoms with E-state index in [2.05, 4.69) is 51.5 Å². The number of hydrogen-bond donors (Lipinski definition) is 2. The first-order valence-electron chi connectivity index (χ1n) is 13.8. The van der Waals surface area contributed by atoms with Gasteiger partial charge in [0, 0.05) is 34.6 Å². The summed E-state index contributed by atoms with van der Waals surface area (Å²) in [6.45, 7) is 17.3. The number of carbonyl (C=O) groups is 1. The van der Waals surface area contributed by atoms with Crippen LogP contribution in [0.25, 0.3) is 0 Å². The lowest BCUT2D eigenvalue weighted by Gasteiger charge is -2.36. The van der Waals surface area contributed by atoms with Crippen LogP contribution in [0.4, 0.5) is 11.4 Å². The third kappa shape index (κ3) is 6.30. The number of carbonyl (C=O) groups excluding carboxylic acids is 1. The molecule has 2 aromatic carbocycles. The molecule has 2 fully saturated rings. The van der Waals surface area contributed by atoms with Crippen LogP contribution in [0.1, 0.15) is 82.1 Å². The SMILES string of the molecule is C=C(C)C1CCC(C)C(Nc2ccc(C(=O)c3ccc(NC4CC(C(=C)C)CCC4C)cc3)cc2)C1. The molecule has 2 aromatic rings. The van der Waals surface area contributed by atoms with Crippen molar-refractivity contribution in [3.63, 3.8) is 0 Å². The molecule has 0 radical (unpaired) electrons. The van der Waals surface area contributed by atoms with Crippen LogP contribution in [0, 0.1) is 23.7 Å². The highest BCUT2D eigenvalue weighted by molar-refractivity contribution is 6.09. The molecule has 2 aliphatic carbocycles. The van der Waals surface area contributed by atoms with Crippen LogP contribution < -0.4 is 10.6 Å². The molecule has 0 bridgehead atoms. The van der Waals surface area contributed by atoms with Crippen molar-refractivity contribution >= 4 is 17.2 Å². The molecule has 36 heavy (non-hydrogen) atoms. The maximum atomic E-state index is 13.1. The minimum absolute atomic E-state index is 0.0647. The largest absolute Gasteiger partial charge is 0.382 e. The second kappa shape index (κ2) is 11.5. The Kier molecular flexibility index (Phi) is 8.39. The van der Waals surface area contributed by atoms with Crippen LogP contribution in [-0.4, -0.2) is 17.9 Å². The average Bonchev–Trinajstić information content (AvgIpc) is 2.87. The first-order valence-corrected chi connectivity index (χ1v) is 13.8. The summed E-state index contributed by atoms with van der Waals surface area (Å²) in [6.07, 6.45) is 7.20. The Labute approximate surface area is 218 Å². The van der Waals surface area contributed by atoms with Crippen molar-refractivity contribution in [3.8, 4) is 0 Å². The zero-order valence-corrected chi connectivity index (χ0v) is 22.6. The molecule has 0 aromatic heterocycles. The van der Waals surface area contributed by atoms with Gasteiger partial charge in [-0.25, -0.2) is 0 Å². The molecule has 0 heterocycles. The van der Waals surface area contributed by atoms with Gasteiger partial charge in [0.2, 0.25) is 0 Å². The fourth-order valence-electron chi connectivity index (χ4n) is 5.97. The Morgan fingerprint density at radius 3 is 1.36 bits per heavy atom. The molecule has 192 valence electrons. The van der Waals surface area contributed by atoms with Crippen LogP contribution in [0.5, 0.6) is 0 Å². The minimum atomic E-state index is 0.0647. The molecule has 2 aliphatic rings. The number of allylic oxidation sites excluding steroid dienone is 2. The van der Waals surface area contributed by atoms with Gasteiger partial charge in [-0.1, -0.05) is 38.2 Å². The quantitative estimate of drug-likeness (QED) is 0.291. The van der Waals surface area contributed by atoms with Gasteiger partial charge in [-0.3, -0.25) is 4.79 Å². The first kappa shape index (κ1) is 26.3. The van der Waals surface area contributed by atoms with Gasteiger partial charge in [0.05, 0.1) is 0 Å². The number of anilines is 2. The van der Waals surface area contributed by atoms with E-state index in [0.717, 1.165) is 35.3 Å². The lowest BCUT2D eigenvalue weighted by atomic mass is 9.76. The Morgan fingerprint density at radius 1 is 0.667 bits per heavy atom. The molecule has 3 nitrogen and oxygen atoms in total. The molecule has 3 heteroatoms. The molecular weight excluding hydrogens is 440 g/mol. The van der Waals surface area contributed by atoms with Crippen molar-refractivity contribution < 1.29 is 4.79 Å². The molecule has 2 saturated carbocycles. The highest BCUT2D eigenvalue weighted by Gasteiger charge is 2.29. The normalized spacial score (nSPS) is 28.2. The summed E-state index contributed by atoms with van der Waals surface area (Å²) in [5.41, 5.74) is 6.20. The van der Waals surface area contributed by atoms with E-state index in [4.69, 9.17) is 0 Å². The van der Waals surface area contributed by atoms with Crippen molar-refractivity contribution in [2.45, 2.75) is 78.3 Å². The summed E-state index contributed by atoms with van der Waals surface area (Å²) in [4.78, 5) is 13.1. The van der Waals surface area contributed by atoms with Crippen molar-refractivity contribution in [2.24, 2.45) is 23.7 Å². The summed E-state index contributed by atoms with van der Waals surface area (Å²) in [7, 11) is 0. The fraction of sp³-hybridized carbons (Fsp3) is 0.485. The maximum Gasteiger partial charge on any atom is 0.193 e. The van der Waals surface area contributed by atoms with Crippen molar-refractivity contribution in [1.82, 2.24) is 0 Å². The maximum absolute atomic E-state index is 13.1. The van der Waals surface area contributed by atoms with E-state index in [-0.39, 0.29) is 5.78 Å². The van der Waals surface area contributed by atoms with Crippen LogP contribution >= 0.6 is 0 Å². The van der Waals surface area contributed by atoms with E-state index in [1.807, 2.05) is 48.5 Å². The second-order valence-corrected chi connectivity index (χ2v) is 11.7. The van der Waals surface area contributed by atoms with Gasteiger partial charge in [0.25, 0.3) is 0 Å². The van der Waals surface area contributed by atoms with Gasteiger partial charge in [-0.2, -0.15) is 0 Å². The first-order chi connectivity index (χ1) is 17.2. The van der Waals surface area contributed by atoms with E-state index in [0.29, 0.717) is 35.8 Å². The van der Waals surface area contributed by atoms with Crippen LogP contribution in [0.15, 0.2) is 72.8 Å². The molecule has 2 N–H and O–H groups in total. The molecule has 4 rings (SSSR count). The van der Waals surface area contributed by atoms with E-state index in [1.54, 1.807) is 0 Å². The van der Waals surface area contributed by atoms with Crippen LogP contribution in [0.3, 0.4) is 0 Å². The number of hydrogen-bond acceptors (Lipinski definition) is 3. The van der Waals surface area contributed by atoms with Gasteiger partial charge >= 0.3 is 0 Å². The molecule has 6 unspecified atom stereocenters. The Hall–Kier alpha value is -2.81. The summed E-state index contributed by atoms with van der Waals surface area (Å²) < 4.78 is 0. The Bertz CT molecular complexity index is 982. The predicted molar refractivity (Wildman–Crippen MR) is 154 cm³/mol. The van der Waals surface area contributed by atoms with Crippen molar-refractivity contribution in [2.75, 3.05) is 10.6 Å². The average molecular weight is 485 g/mol. The van der Waals surface area contributed by atoms with E-state index < -0.39 is 0 Å². The van der Waals surface area contributed by atoms with E-state index in [9.17, 15) is 4.79 Å². The van der Waals surface area contributed by atoms with E-state index >= 15 is 0 Å². The third-order valence-electron chi connectivity index (χ3n) is 8.78. The number of nitrogens with one attached hydrogen (secondary N) is 2. The van der Waals surface area contributed by atoms with Crippen LogP contribution in [-0.2, 0) is 0 Å². The molecule has 0 spiro atoms. The second-order valence-electron chi connectivity index (χ2n) is 11.7. The third-order valence-corrected chi connectivity index (χ3v) is 8.78. The summed E-state index contributed by atoms with van der Waals surface area (Å²) in [5, 5.41) is 7.43. The van der Waals surface area contributed by atoms with Crippen molar-refractivity contribution in [1.29, 1.82) is 0 Å². The molecule has 0 amide bonds. The Morgan fingerprint density at radius 2 is 1.03 bits per heavy atom. The topological polar surface area (TPSA) is 41.1 Å². The van der Waals surface area contributed by atoms with Gasteiger partial charge in [0.1, 0.15) is 0 Å². The summed E-state index contributed by atoms with van der Waals surface area (Å²) in [5.74, 6) is 2.54. The zero-order chi connectivity index (χ0) is 25.8. The smallest absolute Gasteiger partial charge is 0.193 e. The molecule has 0 aliphatic heterocycles. The van der Waals surface area contributed by atoms with Crippen molar-refractivity contribution in [3.05, 3.63) is 84.0 Å². The number of rotatable bonds is 8. The van der Waals surface area contributed by atoms with Gasteiger partial charge < -0.3 is 10.6 Å². The molecule has 0 saturated heterocycles. The lowest BCUT2D eigenvalue weighted by molar-refractivity contribution is 0.103. The summed E-state index contributed by atoms with van der Waals surface area (Å²) in [6, 6.07) is 16.9. The van der Waals surface area contributed by atoms with Crippen LogP contribution in [0.2, 0.25) is 0 Å². The zero-order valence-electron chi connectivity index (χ0n) is 22.6. The predicted octanol–water partition coefficient (Wildman–Crippen LogP) is 8.50. The lowest BCUT2D eigenvalue weighted by Crippen LogP contribution is -2.34.